The zero-order valence-corrected chi connectivity index (χ0v) is 13.3. The molecule has 5 heteroatoms. The van der Waals surface area contributed by atoms with E-state index in [0.29, 0.717) is 31.1 Å². The summed E-state index contributed by atoms with van der Waals surface area (Å²) >= 11 is 0. The van der Waals surface area contributed by atoms with Crippen molar-refractivity contribution in [2.75, 3.05) is 31.1 Å². The highest BCUT2D eigenvalue weighted by molar-refractivity contribution is 5.98. The fraction of sp³-hybridized carbons (Fsp3) is 0.500. The van der Waals surface area contributed by atoms with Crippen LogP contribution in [0.5, 0.6) is 5.75 Å². The number of ether oxygens (including phenoxy) is 1. The lowest BCUT2D eigenvalue weighted by atomic mass is 10.2. The number of nitrogens with zero attached hydrogens (tertiary/aromatic N) is 2. The number of carbonyl (C=O) groups excluding carboxylic acids is 2. The van der Waals surface area contributed by atoms with Gasteiger partial charge in [-0.05, 0) is 32.9 Å². The first-order valence-corrected chi connectivity index (χ1v) is 7.32. The number of likely N-dealkylation sites (N-methyl/N-ethyl adjacent to an activating group) is 1. The van der Waals surface area contributed by atoms with Crippen molar-refractivity contribution in [3.05, 3.63) is 24.3 Å². The minimum Gasteiger partial charge on any atom is -0.492 e. The third-order valence-corrected chi connectivity index (χ3v) is 3.25. The van der Waals surface area contributed by atoms with Crippen LogP contribution >= 0.6 is 0 Å². The van der Waals surface area contributed by atoms with E-state index in [0.717, 1.165) is 0 Å². The highest BCUT2D eigenvalue weighted by Gasteiger charge is 2.21. The second-order valence-electron chi connectivity index (χ2n) is 4.57. The number of carbonyl (C=O) groups is 2. The Morgan fingerprint density at radius 1 is 1.10 bits per heavy atom. The van der Waals surface area contributed by atoms with Crippen LogP contribution in [0.25, 0.3) is 0 Å². The van der Waals surface area contributed by atoms with E-state index in [-0.39, 0.29) is 18.4 Å². The summed E-state index contributed by atoms with van der Waals surface area (Å²) in [7, 11) is 0. The molecule has 0 aromatic heterocycles. The van der Waals surface area contributed by atoms with Crippen LogP contribution < -0.4 is 9.64 Å². The summed E-state index contributed by atoms with van der Waals surface area (Å²) in [5.74, 6) is 0.367. The van der Waals surface area contributed by atoms with Crippen LogP contribution in [0.1, 0.15) is 27.7 Å². The molecule has 0 fully saturated rings. The predicted octanol–water partition coefficient (Wildman–Crippen LogP) is 2.31. The van der Waals surface area contributed by atoms with Gasteiger partial charge in [-0.1, -0.05) is 12.1 Å². The van der Waals surface area contributed by atoms with Crippen LogP contribution in [0, 0.1) is 0 Å². The minimum atomic E-state index is -0.178. The van der Waals surface area contributed by atoms with Crippen LogP contribution in [-0.4, -0.2) is 43.0 Å². The molecular weight excluding hydrogens is 268 g/mol. The first kappa shape index (κ1) is 17.0. The van der Waals surface area contributed by atoms with Gasteiger partial charge >= 0.3 is 0 Å². The maximum Gasteiger partial charge on any atom is 0.242 e. The van der Waals surface area contributed by atoms with E-state index in [1.807, 2.05) is 32.9 Å². The Morgan fingerprint density at radius 3 is 2.24 bits per heavy atom. The quantitative estimate of drug-likeness (QED) is 0.775. The van der Waals surface area contributed by atoms with Gasteiger partial charge in [-0.25, -0.2) is 0 Å². The number of para-hydroxylation sites is 2. The van der Waals surface area contributed by atoms with E-state index in [4.69, 9.17) is 4.74 Å². The molecular formula is C16H24N2O3. The van der Waals surface area contributed by atoms with Crippen LogP contribution in [-0.2, 0) is 9.59 Å². The van der Waals surface area contributed by atoms with Gasteiger partial charge in [0.05, 0.1) is 12.3 Å². The molecule has 5 nitrogen and oxygen atoms in total. The Bertz CT molecular complexity index is 484. The molecule has 0 unspecified atom stereocenters. The molecule has 0 aliphatic heterocycles. The summed E-state index contributed by atoms with van der Waals surface area (Å²) in [6, 6.07) is 7.27. The van der Waals surface area contributed by atoms with Crippen molar-refractivity contribution >= 4 is 17.5 Å². The number of benzene rings is 1. The average molecular weight is 292 g/mol. The summed E-state index contributed by atoms with van der Waals surface area (Å²) in [6.07, 6.45) is 0. The SMILES string of the molecule is CCOc1ccccc1N(CC(=O)N(CC)CC)C(C)=O. The molecule has 2 amide bonds. The fourth-order valence-corrected chi connectivity index (χ4v) is 2.14. The molecule has 0 atom stereocenters. The van der Waals surface area contributed by atoms with Crippen molar-refractivity contribution in [2.24, 2.45) is 0 Å². The average Bonchev–Trinajstić information content (AvgIpc) is 2.47. The van der Waals surface area contributed by atoms with Gasteiger partial charge in [-0.15, -0.1) is 0 Å². The molecule has 1 rings (SSSR count). The smallest absolute Gasteiger partial charge is 0.242 e. The normalized spacial score (nSPS) is 10.1. The van der Waals surface area contributed by atoms with Crippen molar-refractivity contribution in [2.45, 2.75) is 27.7 Å². The Labute approximate surface area is 126 Å². The van der Waals surface area contributed by atoms with Crippen molar-refractivity contribution in [3.63, 3.8) is 0 Å². The van der Waals surface area contributed by atoms with Crippen LogP contribution in [0.2, 0.25) is 0 Å². The molecule has 21 heavy (non-hydrogen) atoms. The number of hydrogen-bond acceptors (Lipinski definition) is 3. The highest BCUT2D eigenvalue weighted by Crippen LogP contribution is 2.28. The van der Waals surface area contributed by atoms with E-state index >= 15 is 0 Å². The predicted molar refractivity (Wildman–Crippen MR) is 83.6 cm³/mol. The third kappa shape index (κ3) is 4.48. The molecule has 0 heterocycles. The van der Waals surface area contributed by atoms with Gasteiger partial charge in [0.1, 0.15) is 12.3 Å². The van der Waals surface area contributed by atoms with Crippen molar-refractivity contribution in [1.29, 1.82) is 0 Å². The molecule has 0 aliphatic carbocycles. The maximum absolute atomic E-state index is 12.3. The lowest BCUT2D eigenvalue weighted by molar-refractivity contribution is -0.130. The summed E-state index contributed by atoms with van der Waals surface area (Å²) < 4.78 is 5.54. The summed E-state index contributed by atoms with van der Waals surface area (Å²) in [6.45, 7) is 8.99. The number of rotatable bonds is 7. The van der Waals surface area contributed by atoms with E-state index in [1.165, 1.54) is 11.8 Å². The van der Waals surface area contributed by atoms with Crippen molar-refractivity contribution < 1.29 is 14.3 Å². The molecule has 1 aromatic rings. The van der Waals surface area contributed by atoms with Gasteiger partial charge in [0.25, 0.3) is 0 Å². The molecule has 0 bridgehead atoms. The molecule has 0 aliphatic rings. The first-order valence-electron chi connectivity index (χ1n) is 7.32. The number of hydrogen-bond donors (Lipinski definition) is 0. The summed E-state index contributed by atoms with van der Waals surface area (Å²) in [4.78, 5) is 27.4. The van der Waals surface area contributed by atoms with Crippen LogP contribution in [0.15, 0.2) is 24.3 Å². The van der Waals surface area contributed by atoms with E-state index in [2.05, 4.69) is 0 Å². The Kier molecular flexibility index (Phi) is 6.72. The van der Waals surface area contributed by atoms with E-state index < -0.39 is 0 Å². The van der Waals surface area contributed by atoms with Gasteiger partial charge in [0.15, 0.2) is 0 Å². The number of anilines is 1. The Hall–Kier alpha value is -2.04. The Morgan fingerprint density at radius 2 is 1.71 bits per heavy atom. The molecule has 0 N–H and O–H groups in total. The molecule has 116 valence electrons. The number of amides is 2. The lowest BCUT2D eigenvalue weighted by Gasteiger charge is -2.26. The summed E-state index contributed by atoms with van der Waals surface area (Å²) in [5.41, 5.74) is 0.632. The first-order chi connectivity index (χ1) is 10.0. The molecule has 0 spiro atoms. The minimum absolute atomic E-state index is 0.0289. The molecule has 0 saturated carbocycles. The van der Waals surface area contributed by atoms with Gasteiger partial charge in [0.2, 0.25) is 11.8 Å². The molecule has 1 aromatic carbocycles. The van der Waals surface area contributed by atoms with Crippen molar-refractivity contribution in [1.82, 2.24) is 4.90 Å². The largest absolute Gasteiger partial charge is 0.492 e. The van der Waals surface area contributed by atoms with E-state index in [9.17, 15) is 9.59 Å². The highest BCUT2D eigenvalue weighted by atomic mass is 16.5. The topological polar surface area (TPSA) is 49.9 Å². The Balaban J connectivity index is 3.02. The van der Waals surface area contributed by atoms with Gasteiger partial charge in [-0.3, -0.25) is 14.5 Å². The lowest BCUT2D eigenvalue weighted by Crippen LogP contribution is -2.42. The second kappa shape index (κ2) is 8.29. The third-order valence-electron chi connectivity index (χ3n) is 3.25. The van der Waals surface area contributed by atoms with Crippen LogP contribution in [0.3, 0.4) is 0 Å². The molecule has 0 saturated heterocycles. The van der Waals surface area contributed by atoms with Gasteiger partial charge in [-0.2, -0.15) is 0 Å². The fourth-order valence-electron chi connectivity index (χ4n) is 2.14. The van der Waals surface area contributed by atoms with Crippen LogP contribution in [0.4, 0.5) is 5.69 Å². The zero-order valence-electron chi connectivity index (χ0n) is 13.3. The van der Waals surface area contributed by atoms with Gasteiger partial charge in [0, 0.05) is 20.0 Å². The zero-order chi connectivity index (χ0) is 15.8. The van der Waals surface area contributed by atoms with Gasteiger partial charge < -0.3 is 9.64 Å². The van der Waals surface area contributed by atoms with E-state index in [1.54, 1.807) is 17.0 Å². The maximum atomic E-state index is 12.3. The monoisotopic (exact) mass is 292 g/mol. The standard InChI is InChI=1S/C16H24N2O3/c1-5-17(6-2)16(20)12-18(13(4)19)14-10-8-9-11-15(14)21-7-3/h8-11H,5-7,12H2,1-4H3. The second-order valence-corrected chi connectivity index (χ2v) is 4.57. The van der Waals surface area contributed by atoms with Crippen molar-refractivity contribution in [3.8, 4) is 5.75 Å². The molecule has 0 radical (unpaired) electrons. The summed E-state index contributed by atoms with van der Waals surface area (Å²) in [5, 5.41) is 0.